The van der Waals surface area contributed by atoms with Crippen molar-refractivity contribution in [3.63, 3.8) is 0 Å². The van der Waals surface area contributed by atoms with Crippen LogP contribution in [-0.4, -0.2) is 35.2 Å². The molecule has 0 aliphatic heterocycles. The molecular weight excluding hydrogens is 386 g/mol. The number of aromatic amines is 1. The summed E-state index contributed by atoms with van der Waals surface area (Å²) in [5.74, 6) is 1.66. The van der Waals surface area contributed by atoms with Crippen LogP contribution in [0.2, 0.25) is 0 Å². The van der Waals surface area contributed by atoms with E-state index in [0.717, 1.165) is 53.1 Å². The van der Waals surface area contributed by atoms with E-state index in [-0.39, 0.29) is 0 Å². The molecule has 3 heterocycles. The Bertz CT molecular complexity index is 1320. The van der Waals surface area contributed by atoms with E-state index >= 15 is 0 Å². The molecule has 0 aliphatic carbocycles. The predicted octanol–water partition coefficient (Wildman–Crippen LogP) is 4.45. The third-order valence-electron chi connectivity index (χ3n) is 5.61. The molecule has 0 atom stereocenters. The topological polar surface area (TPSA) is 85.2 Å². The van der Waals surface area contributed by atoms with Gasteiger partial charge in [-0.2, -0.15) is 5.21 Å². The minimum Gasteiger partial charge on any atom is -0.308 e. The molecule has 0 fully saturated rings. The first-order chi connectivity index (χ1) is 15.3. The summed E-state index contributed by atoms with van der Waals surface area (Å²) in [7, 11) is 0. The fraction of sp³-hybridized carbons (Fsp3) is 0.208. The lowest BCUT2D eigenvalue weighted by Gasteiger charge is -2.10. The molecule has 0 bridgehead atoms. The third kappa shape index (κ3) is 3.48. The summed E-state index contributed by atoms with van der Waals surface area (Å²) in [5.41, 5.74) is 7.57. The van der Waals surface area contributed by atoms with Crippen molar-refractivity contribution >= 4 is 11.2 Å². The number of nitrogens with zero attached hydrogens (tertiary/aromatic N) is 6. The zero-order valence-corrected chi connectivity index (χ0v) is 17.6. The van der Waals surface area contributed by atoms with Gasteiger partial charge in [-0.25, -0.2) is 9.97 Å². The van der Waals surface area contributed by atoms with Gasteiger partial charge in [0, 0.05) is 18.2 Å². The molecule has 154 valence electrons. The molecule has 0 aliphatic rings. The average Bonchev–Trinajstić information content (AvgIpc) is 3.48. The van der Waals surface area contributed by atoms with Crippen LogP contribution in [0.4, 0.5) is 0 Å². The van der Waals surface area contributed by atoms with Crippen molar-refractivity contribution < 1.29 is 0 Å². The number of fused-ring (bicyclic) bond motifs is 1. The van der Waals surface area contributed by atoms with Crippen molar-refractivity contribution in [1.82, 2.24) is 35.2 Å². The highest BCUT2D eigenvalue weighted by atomic mass is 15.5. The Kier molecular flexibility index (Phi) is 5.00. The number of aromatic nitrogens is 7. The highest BCUT2D eigenvalue weighted by Crippen LogP contribution is 2.30. The van der Waals surface area contributed by atoms with E-state index in [9.17, 15) is 0 Å². The van der Waals surface area contributed by atoms with Crippen LogP contribution in [0.1, 0.15) is 30.8 Å². The molecule has 1 N–H and O–H groups in total. The number of nitrogens with one attached hydrogen (secondary N) is 1. The molecule has 0 saturated heterocycles. The molecule has 5 aromatic rings. The Balaban J connectivity index is 1.49. The van der Waals surface area contributed by atoms with Crippen LogP contribution < -0.4 is 0 Å². The number of imidazole rings is 1. The number of pyridine rings is 1. The van der Waals surface area contributed by atoms with E-state index in [2.05, 4.69) is 80.4 Å². The molecule has 0 spiro atoms. The standard InChI is InChI=1S/C24H23N7/c1-3-17-13-14-25-24-22(17)26-21(4-2)31(24)15-16-9-11-18(12-10-16)19-7-5-6-8-20(19)23-27-29-30-28-23/h5-14H,3-4,15H2,1-2H3,(H,27,28,29,30). The lowest BCUT2D eigenvalue weighted by molar-refractivity contribution is 0.746. The van der Waals surface area contributed by atoms with E-state index in [1.807, 2.05) is 24.4 Å². The fourth-order valence-electron chi connectivity index (χ4n) is 4.01. The van der Waals surface area contributed by atoms with Crippen molar-refractivity contribution in [2.75, 3.05) is 0 Å². The number of H-pyrrole nitrogens is 1. The summed E-state index contributed by atoms with van der Waals surface area (Å²) in [6.45, 7) is 5.04. The SMILES string of the molecule is CCc1ccnc2c1nc(CC)n2Cc1ccc(-c2ccccc2-c2nn[nH]n2)cc1. The van der Waals surface area contributed by atoms with Crippen LogP contribution in [-0.2, 0) is 19.4 Å². The van der Waals surface area contributed by atoms with E-state index in [1.54, 1.807) is 0 Å². The Morgan fingerprint density at radius 2 is 1.71 bits per heavy atom. The highest BCUT2D eigenvalue weighted by molar-refractivity contribution is 5.80. The van der Waals surface area contributed by atoms with Crippen molar-refractivity contribution in [1.29, 1.82) is 0 Å². The number of rotatable bonds is 6. The van der Waals surface area contributed by atoms with Crippen LogP contribution in [0.3, 0.4) is 0 Å². The van der Waals surface area contributed by atoms with Gasteiger partial charge in [-0.15, -0.1) is 10.2 Å². The van der Waals surface area contributed by atoms with Gasteiger partial charge in [0.1, 0.15) is 11.3 Å². The molecule has 7 heteroatoms. The molecule has 0 amide bonds. The van der Waals surface area contributed by atoms with Gasteiger partial charge in [-0.3, -0.25) is 0 Å². The monoisotopic (exact) mass is 409 g/mol. The Morgan fingerprint density at radius 1 is 0.903 bits per heavy atom. The van der Waals surface area contributed by atoms with Crippen molar-refractivity contribution in [2.24, 2.45) is 0 Å². The van der Waals surface area contributed by atoms with Crippen molar-refractivity contribution in [3.8, 4) is 22.5 Å². The molecule has 31 heavy (non-hydrogen) atoms. The number of benzene rings is 2. The van der Waals surface area contributed by atoms with E-state index in [4.69, 9.17) is 4.98 Å². The van der Waals surface area contributed by atoms with E-state index in [0.29, 0.717) is 5.82 Å². The zero-order valence-electron chi connectivity index (χ0n) is 17.6. The summed E-state index contributed by atoms with van der Waals surface area (Å²) in [5, 5.41) is 14.5. The fourth-order valence-corrected chi connectivity index (χ4v) is 4.01. The average molecular weight is 409 g/mol. The first-order valence-electron chi connectivity index (χ1n) is 10.5. The molecule has 7 nitrogen and oxygen atoms in total. The first-order valence-corrected chi connectivity index (χ1v) is 10.5. The van der Waals surface area contributed by atoms with Crippen LogP contribution >= 0.6 is 0 Å². The second kappa shape index (κ2) is 8.10. The lowest BCUT2D eigenvalue weighted by atomic mass is 9.98. The van der Waals surface area contributed by atoms with E-state index < -0.39 is 0 Å². The van der Waals surface area contributed by atoms with Gasteiger partial charge in [0.15, 0.2) is 5.65 Å². The minimum atomic E-state index is 0.593. The maximum Gasteiger partial charge on any atom is 0.205 e. The smallest absolute Gasteiger partial charge is 0.205 e. The largest absolute Gasteiger partial charge is 0.308 e. The van der Waals surface area contributed by atoms with Gasteiger partial charge < -0.3 is 4.57 Å². The highest BCUT2D eigenvalue weighted by Gasteiger charge is 2.14. The van der Waals surface area contributed by atoms with Gasteiger partial charge in [-0.1, -0.05) is 62.4 Å². The molecule has 5 rings (SSSR count). The quantitative estimate of drug-likeness (QED) is 0.448. The van der Waals surface area contributed by atoms with Crippen LogP contribution in [0.5, 0.6) is 0 Å². The molecule has 2 aromatic carbocycles. The first kappa shape index (κ1) is 19.1. The number of tetrazole rings is 1. The van der Waals surface area contributed by atoms with Gasteiger partial charge in [0.05, 0.1) is 6.54 Å². The summed E-state index contributed by atoms with van der Waals surface area (Å²) >= 11 is 0. The van der Waals surface area contributed by atoms with Crippen LogP contribution in [0, 0.1) is 0 Å². The van der Waals surface area contributed by atoms with E-state index in [1.165, 1.54) is 11.1 Å². The van der Waals surface area contributed by atoms with Crippen molar-refractivity contribution in [2.45, 2.75) is 33.2 Å². The molecule has 3 aromatic heterocycles. The molecule has 0 unspecified atom stereocenters. The van der Waals surface area contributed by atoms with Gasteiger partial charge in [-0.05, 0) is 40.0 Å². The zero-order chi connectivity index (χ0) is 21.2. The maximum absolute atomic E-state index is 4.88. The molecule has 0 radical (unpaired) electrons. The summed E-state index contributed by atoms with van der Waals surface area (Å²) < 4.78 is 2.23. The molecule has 0 saturated carbocycles. The van der Waals surface area contributed by atoms with Gasteiger partial charge in [0.25, 0.3) is 0 Å². The Labute approximate surface area is 180 Å². The summed E-state index contributed by atoms with van der Waals surface area (Å²) in [4.78, 5) is 9.52. The second-order valence-corrected chi connectivity index (χ2v) is 7.44. The number of hydrogen-bond donors (Lipinski definition) is 1. The van der Waals surface area contributed by atoms with Crippen LogP contribution in [0.25, 0.3) is 33.7 Å². The minimum absolute atomic E-state index is 0.593. The lowest BCUT2D eigenvalue weighted by Crippen LogP contribution is -2.05. The third-order valence-corrected chi connectivity index (χ3v) is 5.61. The summed E-state index contributed by atoms with van der Waals surface area (Å²) in [6, 6.07) is 18.8. The Hall–Kier alpha value is -3.87. The van der Waals surface area contributed by atoms with Crippen LogP contribution in [0.15, 0.2) is 60.8 Å². The Morgan fingerprint density at radius 3 is 2.42 bits per heavy atom. The number of aryl methyl sites for hydroxylation is 2. The maximum atomic E-state index is 4.88. The van der Waals surface area contributed by atoms with Crippen molar-refractivity contribution in [3.05, 3.63) is 77.7 Å². The van der Waals surface area contributed by atoms with Gasteiger partial charge in [0.2, 0.25) is 5.82 Å². The number of hydrogen-bond acceptors (Lipinski definition) is 5. The second-order valence-electron chi connectivity index (χ2n) is 7.44. The molecular formula is C24H23N7. The summed E-state index contributed by atoms with van der Waals surface area (Å²) in [6.07, 6.45) is 3.71. The normalized spacial score (nSPS) is 11.3. The van der Waals surface area contributed by atoms with Gasteiger partial charge >= 0.3 is 0 Å². The predicted molar refractivity (Wildman–Crippen MR) is 120 cm³/mol.